The molecule has 0 radical (unpaired) electrons. The highest BCUT2D eigenvalue weighted by Gasteiger charge is 2.29. The Morgan fingerprint density at radius 1 is 1.47 bits per heavy atom. The van der Waals surface area contributed by atoms with Crippen molar-refractivity contribution in [3.8, 4) is 5.75 Å². The van der Waals surface area contributed by atoms with Crippen LogP contribution in [0.15, 0.2) is 12.4 Å². The summed E-state index contributed by atoms with van der Waals surface area (Å²) in [6.07, 6.45) is 3.41. The van der Waals surface area contributed by atoms with Crippen molar-refractivity contribution >= 4 is 19.7 Å². The molecular weight excluding hydrogens is 288 g/mol. The van der Waals surface area contributed by atoms with E-state index >= 15 is 0 Å². The van der Waals surface area contributed by atoms with Crippen LogP contribution in [-0.4, -0.2) is 30.6 Å². The highest BCUT2D eigenvalue weighted by molar-refractivity contribution is 8.13. The maximum Gasteiger partial charge on any atom is 0.233 e. The molecule has 7 heteroatoms. The van der Waals surface area contributed by atoms with E-state index in [4.69, 9.17) is 15.4 Å². The van der Waals surface area contributed by atoms with E-state index in [1.54, 1.807) is 17.1 Å². The van der Waals surface area contributed by atoms with Crippen molar-refractivity contribution in [2.45, 2.75) is 34.2 Å². The van der Waals surface area contributed by atoms with Gasteiger partial charge >= 0.3 is 0 Å². The second kappa shape index (κ2) is 6.13. The van der Waals surface area contributed by atoms with E-state index in [-0.39, 0.29) is 17.1 Å². The van der Waals surface area contributed by atoms with Gasteiger partial charge in [0.05, 0.1) is 24.8 Å². The molecule has 0 fully saturated rings. The first kappa shape index (κ1) is 16.3. The minimum Gasteiger partial charge on any atom is -0.490 e. The molecular formula is C12H21ClN2O3S. The van der Waals surface area contributed by atoms with Crippen LogP contribution in [-0.2, 0) is 15.6 Å². The number of halogens is 1. The first-order chi connectivity index (χ1) is 8.62. The Morgan fingerprint density at radius 2 is 2.11 bits per heavy atom. The molecule has 1 unspecified atom stereocenters. The Labute approximate surface area is 119 Å². The quantitative estimate of drug-likeness (QED) is 0.758. The lowest BCUT2D eigenvalue weighted by Crippen LogP contribution is -2.31. The lowest BCUT2D eigenvalue weighted by Gasteiger charge is -2.29. The standard InChI is InChI=1S/C12H21ClN2O3S/c1-5-15-7-11(6-14-15)18-8-10(12(2,3)4)9-19(13,16)17/h6-7,10H,5,8-9H2,1-4H3. The highest BCUT2D eigenvalue weighted by atomic mass is 35.7. The molecule has 0 aromatic carbocycles. The molecule has 0 saturated carbocycles. The Kier molecular flexibility index (Phi) is 5.26. The van der Waals surface area contributed by atoms with Crippen molar-refractivity contribution in [2.24, 2.45) is 11.3 Å². The molecule has 19 heavy (non-hydrogen) atoms. The lowest BCUT2D eigenvalue weighted by molar-refractivity contribution is 0.163. The summed E-state index contributed by atoms with van der Waals surface area (Å²) in [5.41, 5.74) is -0.206. The molecule has 0 saturated heterocycles. The summed E-state index contributed by atoms with van der Waals surface area (Å²) in [7, 11) is 1.80. The average molecular weight is 309 g/mol. The fourth-order valence-electron chi connectivity index (χ4n) is 1.58. The summed E-state index contributed by atoms with van der Waals surface area (Å²) in [5, 5.41) is 4.10. The highest BCUT2D eigenvalue weighted by Crippen LogP contribution is 2.29. The predicted octanol–water partition coefficient (Wildman–Crippen LogP) is 2.51. The van der Waals surface area contributed by atoms with E-state index in [0.29, 0.717) is 12.4 Å². The van der Waals surface area contributed by atoms with Gasteiger partial charge in [0, 0.05) is 23.1 Å². The van der Waals surface area contributed by atoms with Crippen LogP contribution in [0.4, 0.5) is 0 Å². The molecule has 0 amide bonds. The number of ether oxygens (including phenoxy) is 1. The van der Waals surface area contributed by atoms with Crippen molar-refractivity contribution in [1.29, 1.82) is 0 Å². The van der Waals surface area contributed by atoms with E-state index in [9.17, 15) is 8.42 Å². The van der Waals surface area contributed by atoms with E-state index in [1.807, 2.05) is 27.7 Å². The molecule has 110 valence electrons. The maximum absolute atomic E-state index is 11.2. The zero-order valence-electron chi connectivity index (χ0n) is 11.8. The second-order valence-corrected chi connectivity index (χ2v) is 8.43. The number of hydrogen-bond acceptors (Lipinski definition) is 4. The number of rotatable bonds is 6. The Balaban J connectivity index is 2.68. The van der Waals surface area contributed by atoms with Crippen LogP contribution in [0.5, 0.6) is 5.75 Å². The number of aromatic nitrogens is 2. The molecule has 5 nitrogen and oxygen atoms in total. The molecule has 1 aromatic rings. The molecule has 1 heterocycles. The fraction of sp³-hybridized carbons (Fsp3) is 0.750. The maximum atomic E-state index is 11.2. The van der Waals surface area contributed by atoms with Gasteiger partial charge in [0.1, 0.15) is 0 Å². The van der Waals surface area contributed by atoms with Crippen LogP contribution in [0, 0.1) is 11.3 Å². The lowest BCUT2D eigenvalue weighted by atomic mass is 9.82. The van der Waals surface area contributed by atoms with Gasteiger partial charge < -0.3 is 4.74 Å². The molecule has 0 spiro atoms. The molecule has 0 N–H and O–H groups in total. The van der Waals surface area contributed by atoms with Gasteiger partial charge in [-0.25, -0.2) is 8.42 Å². The Bertz CT molecular complexity index is 505. The van der Waals surface area contributed by atoms with Gasteiger partial charge in [0.15, 0.2) is 5.75 Å². The smallest absolute Gasteiger partial charge is 0.233 e. The van der Waals surface area contributed by atoms with Crippen LogP contribution < -0.4 is 4.74 Å². The summed E-state index contributed by atoms with van der Waals surface area (Å²) in [6, 6.07) is 0. The summed E-state index contributed by atoms with van der Waals surface area (Å²) < 4.78 is 29.9. The summed E-state index contributed by atoms with van der Waals surface area (Å²) in [6.45, 7) is 8.96. The molecule has 1 rings (SSSR count). The van der Waals surface area contributed by atoms with E-state index in [0.717, 1.165) is 6.54 Å². The third-order valence-corrected chi connectivity index (χ3v) is 4.19. The summed E-state index contributed by atoms with van der Waals surface area (Å²) in [4.78, 5) is 0. The first-order valence-corrected chi connectivity index (χ1v) is 8.67. The fourth-order valence-corrected chi connectivity index (χ4v) is 3.11. The van der Waals surface area contributed by atoms with Crippen LogP contribution in [0.25, 0.3) is 0 Å². The van der Waals surface area contributed by atoms with Gasteiger partial charge in [-0.1, -0.05) is 20.8 Å². The summed E-state index contributed by atoms with van der Waals surface area (Å²) >= 11 is 0. The molecule has 0 aliphatic rings. The molecule has 1 atom stereocenters. The molecule has 0 aliphatic carbocycles. The van der Waals surface area contributed by atoms with Crippen LogP contribution in [0.3, 0.4) is 0 Å². The number of nitrogens with zero attached hydrogens (tertiary/aromatic N) is 2. The van der Waals surface area contributed by atoms with E-state index < -0.39 is 9.05 Å². The van der Waals surface area contributed by atoms with Crippen molar-refractivity contribution in [1.82, 2.24) is 9.78 Å². The Morgan fingerprint density at radius 3 is 2.53 bits per heavy atom. The zero-order chi connectivity index (χ0) is 14.7. The monoisotopic (exact) mass is 308 g/mol. The normalized spacial score (nSPS) is 14.4. The number of aryl methyl sites for hydroxylation is 1. The molecule has 0 aliphatic heterocycles. The van der Waals surface area contributed by atoms with Gasteiger partial charge in [-0.2, -0.15) is 5.10 Å². The van der Waals surface area contributed by atoms with Crippen molar-refractivity contribution in [3.63, 3.8) is 0 Å². The Hall–Kier alpha value is -0.750. The van der Waals surface area contributed by atoms with E-state index in [1.165, 1.54) is 0 Å². The third-order valence-electron chi connectivity index (χ3n) is 3.01. The molecule has 0 bridgehead atoms. The van der Waals surface area contributed by atoms with Crippen LogP contribution in [0.2, 0.25) is 0 Å². The third kappa shape index (κ3) is 5.82. The topological polar surface area (TPSA) is 61.2 Å². The van der Waals surface area contributed by atoms with Crippen LogP contribution >= 0.6 is 10.7 Å². The largest absolute Gasteiger partial charge is 0.490 e. The van der Waals surface area contributed by atoms with Gasteiger partial charge in [-0.15, -0.1) is 0 Å². The van der Waals surface area contributed by atoms with Gasteiger partial charge in [-0.05, 0) is 12.3 Å². The van der Waals surface area contributed by atoms with Gasteiger partial charge in [-0.3, -0.25) is 4.68 Å². The summed E-state index contributed by atoms with van der Waals surface area (Å²) in [5.74, 6) is 0.364. The first-order valence-electron chi connectivity index (χ1n) is 6.19. The minimum atomic E-state index is -3.54. The number of hydrogen-bond donors (Lipinski definition) is 0. The van der Waals surface area contributed by atoms with Gasteiger partial charge in [0.25, 0.3) is 0 Å². The minimum absolute atomic E-state index is 0.0973. The van der Waals surface area contributed by atoms with Crippen molar-refractivity contribution < 1.29 is 13.2 Å². The average Bonchev–Trinajstić information content (AvgIpc) is 2.69. The predicted molar refractivity (Wildman–Crippen MR) is 76.0 cm³/mol. The van der Waals surface area contributed by atoms with E-state index in [2.05, 4.69) is 5.10 Å². The SMILES string of the molecule is CCn1cc(OCC(CS(=O)(=O)Cl)C(C)(C)C)cn1. The zero-order valence-corrected chi connectivity index (χ0v) is 13.3. The second-order valence-electron chi connectivity index (χ2n) is 5.61. The van der Waals surface area contributed by atoms with Crippen LogP contribution in [0.1, 0.15) is 27.7 Å². The van der Waals surface area contributed by atoms with Crippen molar-refractivity contribution in [3.05, 3.63) is 12.4 Å². The molecule has 1 aromatic heterocycles. The van der Waals surface area contributed by atoms with Gasteiger partial charge in [0.2, 0.25) is 9.05 Å². The van der Waals surface area contributed by atoms with Crippen molar-refractivity contribution in [2.75, 3.05) is 12.4 Å².